The van der Waals surface area contributed by atoms with Gasteiger partial charge in [-0.25, -0.2) is 13.1 Å². The molecule has 152 valence electrons. The Morgan fingerprint density at radius 1 is 1.32 bits per heavy atom. The number of rotatable bonds is 5. The van der Waals surface area contributed by atoms with Crippen LogP contribution in [0.2, 0.25) is 0 Å². The third-order valence-electron chi connectivity index (χ3n) is 4.30. The Labute approximate surface area is 167 Å². The number of anilines is 1. The highest BCUT2D eigenvalue weighted by Crippen LogP contribution is 2.38. The summed E-state index contributed by atoms with van der Waals surface area (Å²) in [6, 6.07) is 4.30. The predicted octanol–water partition coefficient (Wildman–Crippen LogP) is 1.18. The summed E-state index contributed by atoms with van der Waals surface area (Å²) in [6.45, 7) is 5.26. The number of benzene rings is 1. The smallest absolute Gasteiger partial charge is 0.288 e. The summed E-state index contributed by atoms with van der Waals surface area (Å²) in [6.07, 6.45) is 0. The van der Waals surface area contributed by atoms with Gasteiger partial charge < -0.3 is 9.64 Å². The molecule has 1 N–H and O–H groups in total. The third-order valence-corrected chi connectivity index (χ3v) is 6.62. The van der Waals surface area contributed by atoms with Crippen LogP contribution in [0.4, 0.5) is 10.5 Å². The lowest BCUT2D eigenvalue weighted by Gasteiger charge is -2.39. The molecule has 28 heavy (non-hydrogen) atoms. The molecule has 2 aliphatic heterocycles. The van der Waals surface area contributed by atoms with Crippen LogP contribution < -0.4 is 14.4 Å². The Balaban J connectivity index is 1.78. The summed E-state index contributed by atoms with van der Waals surface area (Å²) in [5, 5.41) is -0.380. The lowest BCUT2D eigenvalue weighted by Crippen LogP contribution is -2.48. The molecule has 0 radical (unpaired) electrons. The number of sulfonamides is 1. The first-order chi connectivity index (χ1) is 13.0. The number of carbonyl (C=O) groups excluding carboxylic acids is 3. The van der Waals surface area contributed by atoms with Gasteiger partial charge in [-0.15, -0.1) is 0 Å². The van der Waals surface area contributed by atoms with Gasteiger partial charge in [-0.2, -0.15) is 0 Å². The molecule has 0 saturated carbocycles. The Morgan fingerprint density at radius 3 is 2.64 bits per heavy atom. The van der Waals surface area contributed by atoms with Crippen molar-refractivity contribution in [3.63, 3.8) is 0 Å². The van der Waals surface area contributed by atoms with E-state index in [1.807, 2.05) is 13.8 Å². The highest BCUT2D eigenvalue weighted by atomic mass is 32.2. The maximum atomic E-state index is 12.6. The van der Waals surface area contributed by atoms with Crippen molar-refractivity contribution in [3.05, 3.63) is 18.2 Å². The molecular formula is C17H21N3O6S2. The van der Waals surface area contributed by atoms with Crippen LogP contribution >= 0.6 is 11.8 Å². The highest BCUT2D eigenvalue weighted by molar-refractivity contribution is 8.14. The van der Waals surface area contributed by atoms with Crippen LogP contribution in [0.15, 0.2) is 23.1 Å². The minimum Gasteiger partial charge on any atom is -0.484 e. The van der Waals surface area contributed by atoms with Crippen molar-refractivity contribution in [2.75, 3.05) is 30.3 Å². The van der Waals surface area contributed by atoms with Crippen molar-refractivity contribution in [1.29, 1.82) is 0 Å². The summed E-state index contributed by atoms with van der Waals surface area (Å²) in [4.78, 5) is 37.6. The van der Waals surface area contributed by atoms with Gasteiger partial charge in [0, 0.05) is 20.0 Å². The van der Waals surface area contributed by atoms with E-state index in [-0.39, 0.29) is 40.8 Å². The SMILES string of the molecule is CC(=O)N1CC(C)(C)Oc2ccc(S(=O)(=O)NCCN3C(=O)CSC3=O)cc21. The normalized spacial score (nSPS) is 18.8. The topological polar surface area (TPSA) is 113 Å². The molecular weight excluding hydrogens is 406 g/mol. The van der Waals surface area contributed by atoms with Crippen molar-refractivity contribution >= 4 is 44.5 Å². The van der Waals surface area contributed by atoms with Crippen LogP contribution in [0, 0.1) is 0 Å². The van der Waals surface area contributed by atoms with Gasteiger partial charge in [0.15, 0.2) is 0 Å². The van der Waals surface area contributed by atoms with Gasteiger partial charge in [-0.1, -0.05) is 11.8 Å². The Hall–Kier alpha value is -2.11. The Bertz CT molecular complexity index is 928. The average molecular weight is 428 g/mol. The van der Waals surface area contributed by atoms with Gasteiger partial charge in [0.2, 0.25) is 21.8 Å². The fourth-order valence-corrected chi connectivity index (χ4v) is 4.80. The van der Waals surface area contributed by atoms with Crippen molar-refractivity contribution in [2.45, 2.75) is 31.3 Å². The third kappa shape index (κ3) is 4.15. The number of thioether (sulfide) groups is 1. The number of imide groups is 1. The van der Waals surface area contributed by atoms with Crippen LogP contribution in [0.1, 0.15) is 20.8 Å². The molecule has 0 aromatic heterocycles. The molecule has 0 aliphatic carbocycles. The van der Waals surface area contributed by atoms with Gasteiger partial charge in [-0.3, -0.25) is 19.3 Å². The molecule has 1 aromatic rings. The van der Waals surface area contributed by atoms with Crippen molar-refractivity contribution in [2.24, 2.45) is 0 Å². The van der Waals surface area contributed by atoms with E-state index in [2.05, 4.69) is 4.72 Å². The molecule has 0 bridgehead atoms. The number of ether oxygens (including phenoxy) is 1. The molecule has 11 heteroatoms. The zero-order valence-corrected chi connectivity index (χ0v) is 17.4. The second-order valence-electron chi connectivity index (χ2n) is 7.09. The number of carbonyl (C=O) groups is 3. The zero-order valence-electron chi connectivity index (χ0n) is 15.7. The standard InChI is InChI=1S/C17H21N3O6S2/c1-11(21)20-10-17(2,3)26-14-5-4-12(8-13(14)20)28(24,25)18-6-7-19-15(22)9-27-16(19)23/h4-5,8,18H,6-7,9-10H2,1-3H3. The molecule has 0 unspecified atom stereocenters. The number of hydrogen-bond donors (Lipinski definition) is 1. The summed E-state index contributed by atoms with van der Waals surface area (Å²) in [7, 11) is -3.90. The van der Waals surface area contributed by atoms with Crippen LogP contribution in [0.25, 0.3) is 0 Å². The first-order valence-corrected chi connectivity index (χ1v) is 11.0. The Morgan fingerprint density at radius 2 is 2.04 bits per heavy atom. The van der Waals surface area contributed by atoms with E-state index in [1.54, 1.807) is 0 Å². The zero-order chi connectivity index (χ0) is 20.7. The quantitative estimate of drug-likeness (QED) is 0.751. The van der Waals surface area contributed by atoms with Crippen LogP contribution in [0.3, 0.4) is 0 Å². The molecule has 3 rings (SSSR count). The molecule has 9 nitrogen and oxygen atoms in total. The highest BCUT2D eigenvalue weighted by Gasteiger charge is 2.35. The monoisotopic (exact) mass is 427 g/mol. The molecule has 1 saturated heterocycles. The number of hydrogen-bond acceptors (Lipinski definition) is 7. The fraction of sp³-hybridized carbons (Fsp3) is 0.471. The maximum absolute atomic E-state index is 12.6. The predicted molar refractivity (Wildman–Crippen MR) is 104 cm³/mol. The van der Waals surface area contributed by atoms with Gasteiger partial charge in [0.1, 0.15) is 11.4 Å². The summed E-state index contributed by atoms with van der Waals surface area (Å²) in [5.41, 5.74) is -0.208. The molecule has 2 heterocycles. The largest absolute Gasteiger partial charge is 0.484 e. The first-order valence-electron chi connectivity index (χ1n) is 8.58. The molecule has 1 aromatic carbocycles. The van der Waals surface area contributed by atoms with E-state index in [0.717, 1.165) is 16.7 Å². The van der Waals surface area contributed by atoms with E-state index in [1.165, 1.54) is 30.0 Å². The number of nitrogens with zero attached hydrogens (tertiary/aromatic N) is 2. The van der Waals surface area contributed by atoms with Crippen molar-refractivity contribution < 1.29 is 27.5 Å². The average Bonchev–Trinajstić information content (AvgIpc) is 2.91. The van der Waals surface area contributed by atoms with Gasteiger partial charge in [0.25, 0.3) is 5.24 Å². The molecule has 0 spiro atoms. The molecule has 1 fully saturated rings. The van der Waals surface area contributed by atoms with Crippen LogP contribution in [0.5, 0.6) is 5.75 Å². The molecule has 2 aliphatic rings. The maximum Gasteiger partial charge on any atom is 0.288 e. The second-order valence-corrected chi connectivity index (χ2v) is 9.79. The lowest BCUT2D eigenvalue weighted by molar-refractivity contribution is -0.124. The van der Waals surface area contributed by atoms with E-state index in [9.17, 15) is 22.8 Å². The second kappa shape index (κ2) is 7.37. The first kappa shape index (κ1) is 20.6. The Kier molecular flexibility index (Phi) is 5.43. The lowest BCUT2D eigenvalue weighted by atomic mass is 10.1. The van der Waals surface area contributed by atoms with Crippen LogP contribution in [-0.4, -0.2) is 61.4 Å². The summed E-state index contributed by atoms with van der Waals surface area (Å²) >= 11 is 0.895. The number of nitrogens with one attached hydrogen (secondary N) is 1. The van der Waals surface area contributed by atoms with E-state index in [4.69, 9.17) is 4.74 Å². The fourth-order valence-electron chi connectivity index (χ4n) is 3.01. The summed E-state index contributed by atoms with van der Waals surface area (Å²) in [5.74, 6) is -0.0487. The van der Waals surface area contributed by atoms with Gasteiger partial charge in [0.05, 0.1) is 22.9 Å². The minimum absolute atomic E-state index is 0.0331. The summed E-state index contributed by atoms with van der Waals surface area (Å²) < 4.78 is 33.4. The van der Waals surface area contributed by atoms with E-state index >= 15 is 0 Å². The molecule has 3 amide bonds. The van der Waals surface area contributed by atoms with Crippen LogP contribution in [-0.2, 0) is 19.6 Å². The van der Waals surface area contributed by atoms with E-state index in [0.29, 0.717) is 18.0 Å². The number of amides is 3. The molecule has 0 atom stereocenters. The van der Waals surface area contributed by atoms with E-state index < -0.39 is 15.6 Å². The van der Waals surface area contributed by atoms with Crippen molar-refractivity contribution in [1.82, 2.24) is 9.62 Å². The minimum atomic E-state index is -3.90. The van der Waals surface area contributed by atoms with Crippen molar-refractivity contribution in [3.8, 4) is 5.75 Å². The van der Waals surface area contributed by atoms with Gasteiger partial charge >= 0.3 is 0 Å². The number of fused-ring (bicyclic) bond motifs is 1. The van der Waals surface area contributed by atoms with Gasteiger partial charge in [-0.05, 0) is 32.0 Å².